The van der Waals surface area contributed by atoms with E-state index >= 15 is 0 Å². The summed E-state index contributed by atoms with van der Waals surface area (Å²) in [5, 5.41) is 0. The molecule has 1 aliphatic rings. The van der Waals surface area contributed by atoms with Crippen LogP contribution in [0.5, 0.6) is 11.5 Å². The van der Waals surface area contributed by atoms with E-state index in [1.165, 1.54) is 0 Å². The highest BCUT2D eigenvalue weighted by Gasteiger charge is 2.34. The summed E-state index contributed by atoms with van der Waals surface area (Å²) >= 11 is 0. The first-order valence-corrected chi connectivity index (χ1v) is 6.74. The van der Waals surface area contributed by atoms with Gasteiger partial charge >= 0.3 is 5.97 Å². The molecule has 20 heavy (non-hydrogen) atoms. The fourth-order valence-corrected chi connectivity index (χ4v) is 2.52. The smallest absolute Gasteiger partial charge is 0.323 e. The number of rotatable bonds is 3. The van der Waals surface area contributed by atoms with Crippen LogP contribution in [-0.2, 0) is 4.79 Å². The summed E-state index contributed by atoms with van der Waals surface area (Å²) in [6.45, 7) is 4.59. The zero-order chi connectivity index (χ0) is 14.1. The van der Waals surface area contributed by atoms with E-state index in [1.807, 2.05) is 56.3 Å². The predicted molar refractivity (Wildman–Crippen MR) is 76.3 cm³/mol. The van der Waals surface area contributed by atoms with E-state index in [0.29, 0.717) is 12.4 Å². The minimum Gasteiger partial charge on any atom is -0.494 e. The maximum absolute atomic E-state index is 12.1. The SMILES string of the molecule is CCOc1ccc(C2C(=O)Oc3ccc(C)cc32)cc1. The van der Waals surface area contributed by atoms with Crippen LogP contribution < -0.4 is 9.47 Å². The molecule has 0 saturated carbocycles. The maximum atomic E-state index is 12.1. The van der Waals surface area contributed by atoms with Gasteiger partial charge in [0.15, 0.2) is 0 Å². The second-order valence-corrected chi connectivity index (χ2v) is 4.90. The molecule has 0 amide bonds. The summed E-state index contributed by atoms with van der Waals surface area (Å²) in [5.41, 5.74) is 3.00. The summed E-state index contributed by atoms with van der Waals surface area (Å²) in [6, 6.07) is 13.5. The lowest BCUT2D eigenvalue weighted by Gasteiger charge is -2.09. The topological polar surface area (TPSA) is 35.5 Å². The molecule has 2 aromatic carbocycles. The number of carbonyl (C=O) groups excluding carboxylic acids is 1. The lowest BCUT2D eigenvalue weighted by atomic mass is 9.92. The fourth-order valence-electron chi connectivity index (χ4n) is 2.52. The van der Waals surface area contributed by atoms with Crippen molar-refractivity contribution in [3.05, 3.63) is 59.2 Å². The van der Waals surface area contributed by atoms with E-state index in [1.54, 1.807) is 0 Å². The number of carbonyl (C=O) groups is 1. The van der Waals surface area contributed by atoms with Gasteiger partial charge in [0.1, 0.15) is 17.4 Å². The number of esters is 1. The Bertz CT molecular complexity index is 644. The van der Waals surface area contributed by atoms with E-state index in [0.717, 1.165) is 22.4 Å². The van der Waals surface area contributed by atoms with Gasteiger partial charge in [-0.25, -0.2) is 0 Å². The molecule has 0 aliphatic carbocycles. The molecule has 3 heteroatoms. The molecular weight excluding hydrogens is 252 g/mol. The molecule has 3 nitrogen and oxygen atoms in total. The van der Waals surface area contributed by atoms with Crippen LogP contribution in [0.4, 0.5) is 0 Å². The Hall–Kier alpha value is -2.29. The van der Waals surface area contributed by atoms with Gasteiger partial charge in [-0.1, -0.05) is 29.8 Å². The van der Waals surface area contributed by atoms with Crippen LogP contribution in [0.15, 0.2) is 42.5 Å². The Balaban J connectivity index is 1.98. The monoisotopic (exact) mass is 268 g/mol. The average Bonchev–Trinajstić information content (AvgIpc) is 2.76. The predicted octanol–water partition coefficient (Wildman–Crippen LogP) is 3.44. The van der Waals surface area contributed by atoms with E-state index < -0.39 is 0 Å². The zero-order valence-corrected chi connectivity index (χ0v) is 11.6. The van der Waals surface area contributed by atoms with Gasteiger partial charge in [-0.15, -0.1) is 0 Å². The Morgan fingerprint density at radius 1 is 1.15 bits per heavy atom. The first-order valence-electron chi connectivity index (χ1n) is 6.74. The van der Waals surface area contributed by atoms with Gasteiger partial charge < -0.3 is 9.47 Å². The molecule has 1 heterocycles. The molecule has 0 fully saturated rings. The average molecular weight is 268 g/mol. The van der Waals surface area contributed by atoms with Crippen LogP contribution in [0, 0.1) is 6.92 Å². The van der Waals surface area contributed by atoms with Gasteiger partial charge in [0.25, 0.3) is 0 Å². The number of fused-ring (bicyclic) bond motifs is 1. The number of benzene rings is 2. The first-order chi connectivity index (χ1) is 9.69. The van der Waals surface area contributed by atoms with Gasteiger partial charge in [-0.3, -0.25) is 4.79 Å². The van der Waals surface area contributed by atoms with Crippen molar-refractivity contribution in [1.29, 1.82) is 0 Å². The van der Waals surface area contributed by atoms with Crippen molar-refractivity contribution in [3.63, 3.8) is 0 Å². The van der Waals surface area contributed by atoms with Crippen LogP contribution in [0.25, 0.3) is 0 Å². The molecule has 1 unspecified atom stereocenters. The Morgan fingerprint density at radius 2 is 1.90 bits per heavy atom. The summed E-state index contributed by atoms with van der Waals surface area (Å²) < 4.78 is 10.8. The lowest BCUT2D eigenvalue weighted by molar-refractivity contribution is -0.133. The molecule has 0 N–H and O–H groups in total. The standard InChI is InChI=1S/C17H16O3/c1-3-19-13-7-5-12(6-8-13)16-14-10-11(2)4-9-15(14)20-17(16)18/h4-10,16H,3H2,1-2H3. The van der Waals surface area contributed by atoms with E-state index in [2.05, 4.69) is 0 Å². The van der Waals surface area contributed by atoms with E-state index in [4.69, 9.17) is 9.47 Å². The molecule has 2 aromatic rings. The fraction of sp³-hybridized carbons (Fsp3) is 0.235. The molecule has 1 atom stereocenters. The highest BCUT2D eigenvalue weighted by atomic mass is 16.5. The van der Waals surface area contributed by atoms with Gasteiger partial charge in [-0.05, 0) is 37.6 Å². The Labute approximate surface area is 118 Å². The summed E-state index contributed by atoms with van der Waals surface area (Å²) in [7, 11) is 0. The second kappa shape index (κ2) is 5.00. The van der Waals surface area contributed by atoms with Gasteiger partial charge in [0.2, 0.25) is 0 Å². The zero-order valence-electron chi connectivity index (χ0n) is 11.6. The van der Waals surface area contributed by atoms with Crippen molar-refractivity contribution in [2.24, 2.45) is 0 Å². The van der Waals surface area contributed by atoms with Crippen molar-refractivity contribution in [2.45, 2.75) is 19.8 Å². The Morgan fingerprint density at radius 3 is 2.60 bits per heavy atom. The van der Waals surface area contributed by atoms with Crippen LogP contribution in [-0.4, -0.2) is 12.6 Å². The van der Waals surface area contributed by atoms with Crippen molar-refractivity contribution in [1.82, 2.24) is 0 Å². The second-order valence-electron chi connectivity index (χ2n) is 4.90. The summed E-state index contributed by atoms with van der Waals surface area (Å²) in [6.07, 6.45) is 0. The van der Waals surface area contributed by atoms with Crippen LogP contribution in [0.3, 0.4) is 0 Å². The first kappa shape index (κ1) is 12.7. The van der Waals surface area contributed by atoms with Crippen molar-refractivity contribution in [3.8, 4) is 11.5 Å². The molecule has 0 bridgehead atoms. The number of aryl methyl sites for hydroxylation is 1. The van der Waals surface area contributed by atoms with Crippen molar-refractivity contribution in [2.75, 3.05) is 6.61 Å². The van der Waals surface area contributed by atoms with Gasteiger partial charge in [-0.2, -0.15) is 0 Å². The molecule has 1 aliphatic heterocycles. The molecule has 0 aromatic heterocycles. The third-order valence-electron chi connectivity index (χ3n) is 3.45. The minimum absolute atomic E-state index is 0.213. The van der Waals surface area contributed by atoms with E-state index in [9.17, 15) is 4.79 Å². The largest absolute Gasteiger partial charge is 0.494 e. The van der Waals surface area contributed by atoms with Gasteiger partial charge in [0, 0.05) is 5.56 Å². The molecule has 0 radical (unpaired) electrons. The number of hydrogen-bond donors (Lipinski definition) is 0. The quantitative estimate of drug-likeness (QED) is 0.632. The summed E-state index contributed by atoms with van der Waals surface area (Å²) in [5.74, 6) is 0.932. The van der Waals surface area contributed by atoms with Crippen LogP contribution in [0.2, 0.25) is 0 Å². The molecule has 0 spiro atoms. The minimum atomic E-state index is -0.333. The molecule has 102 valence electrons. The van der Waals surface area contributed by atoms with E-state index in [-0.39, 0.29) is 11.9 Å². The lowest BCUT2D eigenvalue weighted by Crippen LogP contribution is -2.11. The highest BCUT2D eigenvalue weighted by Crippen LogP contribution is 2.39. The summed E-state index contributed by atoms with van der Waals surface area (Å²) in [4.78, 5) is 12.1. The highest BCUT2D eigenvalue weighted by molar-refractivity contribution is 5.89. The van der Waals surface area contributed by atoms with Crippen LogP contribution >= 0.6 is 0 Å². The van der Waals surface area contributed by atoms with Crippen molar-refractivity contribution >= 4 is 5.97 Å². The normalized spacial score (nSPS) is 16.7. The molecular formula is C17H16O3. The Kier molecular flexibility index (Phi) is 3.18. The third-order valence-corrected chi connectivity index (χ3v) is 3.45. The van der Waals surface area contributed by atoms with Crippen LogP contribution in [0.1, 0.15) is 29.5 Å². The third kappa shape index (κ3) is 2.16. The van der Waals surface area contributed by atoms with Crippen molar-refractivity contribution < 1.29 is 14.3 Å². The van der Waals surface area contributed by atoms with Gasteiger partial charge in [0.05, 0.1) is 6.61 Å². The molecule has 3 rings (SSSR count). The molecule has 0 saturated heterocycles. The number of hydrogen-bond acceptors (Lipinski definition) is 3. The number of ether oxygens (including phenoxy) is 2. The maximum Gasteiger partial charge on any atom is 0.323 e.